The van der Waals surface area contributed by atoms with E-state index in [4.69, 9.17) is 22.1 Å². The van der Waals surface area contributed by atoms with Gasteiger partial charge in [0, 0.05) is 34.6 Å². The number of halogens is 1. The molecule has 0 radical (unpaired) electrons. The van der Waals surface area contributed by atoms with Gasteiger partial charge in [-0.05, 0) is 44.5 Å². The van der Waals surface area contributed by atoms with E-state index in [9.17, 15) is 0 Å². The molecule has 1 unspecified atom stereocenters. The molecule has 2 rings (SSSR count). The van der Waals surface area contributed by atoms with Gasteiger partial charge in [-0.25, -0.2) is 0 Å². The molecule has 0 saturated heterocycles. The van der Waals surface area contributed by atoms with Crippen LogP contribution in [0.25, 0.3) is 0 Å². The highest BCUT2D eigenvalue weighted by atomic mass is 35.5. The molecule has 0 aliphatic heterocycles. The molecule has 0 fully saturated rings. The molecule has 0 saturated carbocycles. The monoisotopic (exact) mass is 304 g/mol. The minimum absolute atomic E-state index is 0.119. The lowest BCUT2D eigenvalue weighted by atomic mass is 10.1. The molecule has 0 aromatic heterocycles. The van der Waals surface area contributed by atoms with Gasteiger partial charge in [0.2, 0.25) is 0 Å². The summed E-state index contributed by atoms with van der Waals surface area (Å²) in [6, 6.07) is 13.6. The normalized spacial score (nSPS) is 12.2. The molecule has 0 amide bonds. The van der Waals surface area contributed by atoms with Crippen molar-refractivity contribution in [3.63, 3.8) is 0 Å². The van der Waals surface area contributed by atoms with Crippen LogP contribution in [-0.2, 0) is 0 Å². The molecular formula is C17H21ClN2O. The Kier molecular flexibility index (Phi) is 4.97. The van der Waals surface area contributed by atoms with Gasteiger partial charge in [0.25, 0.3) is 0 Å². The first-order valence-electron chi connectivity index (χ1n) is 7.03. The van der Waals surface area contributed by atoms with E-state index in [0.717, 1.165) is 22.0 Å². The van der Waals surface area contributed by atoms with Gasteiger partial charge in [0.1, 0.15) is 5.75 Å². The Morgan fingerprint density at radius 2 is 1.71 bits per heavy atom. The van der Waals surface area contributed by atoms with Crippen molar-refractivity contribution < 1.29 is 4.74 Å². The maximum absolute atomic E-state index is 5.93. The van der Waals surface area contributed by atoms with Crippen molar-refractivity contribution in [2.45, 2.75) is 32.9 Å². The number of rotatable bonds is 5. The maximum atomic E-state index is 5.93. The number of nitrogen functional groups attached to an aromatic ring is 1. The van der Waals surface area contributed by atoms with Crippen molar-refractivity contribution >= 4 is 23.0 Å². The van der Waals surface area contributed by atoms with Crippen LogP contribution in [0.15, 0.2) is 42.5 Å². The van der Waals surface area contributed by atoms with E-state index in [1.165, 1.54) is 0 Å². The first-order chi connectivity index (χ1) is 9.94. The summed E-state index contributed by atoms with van der Waals surface area (Å²) in [5, 5.41) is 4.17. The number of anilines is 2. The largest absolute Gasteiger partial charge is 0.491 e. The van der Waals surface area contributed by atoms with Gasteiger partial charge in [-0.3, -0.25) is 0 Å². The van der Waals surface area contributed by atoms with Crippen LogP contribution in [0.1, 0.15) is 32.4 Å². The summed E-state index contributed by atoms with van der Waals surface area (Å²) in [7, 11) is 0. The van der Waals surface area contributed by atoms with E-state index in [2.05, 4.69) is 12.2 Å². The van der Waals surface area contributed by atoms with Gasteiger partial charge in [0.15, 0.2) is 0 Å². The second-order valence-electron chi connectivity index (χ2n) is 5.37. The third-order valence-corrected chi connectivity index (χ3v) is 3.31. The molecule has 21 heavy (non-hydrogen) atoms. The highest BCUT2D eigenvalue weighted by molar-refractivity contribution is 6.30. The summed E-state index contributed by atoms with van der Waals surface area (Å²) in [5.74, 6) is 0.774. The second kappa shape index (κ2) is 6.72. The summed E-state index contributed by atoms with van der Waals surface area (Å²) in [5.41, 5.74) is 8.71. The van der Waals surface area contributed by atoms with Crippen LogP contribution < -0.4 is 15.8 Å². The molecule has 4 heteroatoms. The molecule has 2 aromatic carbocycles. The van der Waals surface area contributed by atoms with E-state index >= 15 is 0 Å². The molecule has 0 aliphatic rings. The first kappa shape index (κ1) is 15.5. The van der Waals surface area contributed by atoms with Gasteiger partial charge in [-0.2, -0.15) is 0 Å². The van der Waals surface area contributed by atoms with Crippen LogP contribution in [0.3, 0.4) is 0 Å². The lowest BCUT2D eigenvalue weighted by molar-refractivity contribution is 0.242. The van der Waals surface area contributed by atoms with Crippen molar-refractivity contribution in [3.8, 4) is 5.75 Å². The summed E-state index contributed by atoms with van der Waals surface area (Å²) < 4.78 is 5.70. The fraction of sp³-hybridized carbons (Fsp3) is 0.294. The molecule has 112 valence electrons. The Morgan fingerprint density at radius 3 is 2.33 bits per heavy atom. The molecule has 2 aromatic rings. The van der Waals surface area contributed by atoms with Crippen molar-refractivity contribution in [1.82, 2.24) is 0 Å². The van der Waals surface area contributed by atoms with Gasteiger partial charge >= 0.3 is 0 Å². The predicted molar refractivity (Wildman–Crippen MR) is 90.1 cm³/mol. The van der Waals surface area contributed by atoms with E-state index in [1.54, 1.807) is 0 Å². The van der Waals surface area contributed by atoms with Crippen LogP contribution in [0, 0.1) is 0 Å². The first-order valence-corrected chi connectivity index (χ1v) is 7.41. The predicted octanol–water partition coefficient (Wildman–Crippen LogP) is 4.88. The fourth-order valence-electron chi connectivity index (χ4n) is 2.13. The fourth-order valence-corrected chi connectivity index (χ4v) is 2.26. The number of hydrogen-bond acceptors (Lipinski definition) is 3. The highest BCUT2D eigenvalue weighted by Gasteiger charge is 2.08. The lowest BCUT2D eigenvalue weighted by Crippen LogP contribution is -2.09. The van der Waals surface area contributed by atoms with Crippen molar-refractivity contribution in [2.75, 3.05) is 11.1 Å². The summed E-state index contributed by atoms with van der Waals surface area (Å²) in [6.07, 6.45) is 0.119. The Morgan fingerprint density at radius 1 is 1.05 bits per heavy atom. The van der Waals surface area contributed by atoms with E-state index < -0.39 is 0 Å². The summed E-state index contributed by atoms with van der Waals surface area (Å²) in [4.78, 5) is 0. The number of ether oxygens (including phenoxy) is 1. The summed E-state index contributed by atoms with van der Waals surface area (Å²) >= 11 is 5.91. The molecule has 1 atom stereocenters. The summed E-state index contributed by atoms with van der Waals surface area (Å²) in [6.45, 7) is 6.08. The van der Waals surface area contributed by atoms with Crippen molar-refractivity contribution in [1.29, 1.82) is 0 Å². The van der Waals surface area contributed by atoms with E-state index in [1.807, 2.05) is 56.3 Å². The van der Waals surface area contributed by atoms with E-state index in [-0.39, 0.29) is 12.1 Å². The molecule has 0 heterocycles. The van der Waals surface area contributed by atoms with Crippen LogP contribution in [0.2, 0.25) is 5.02 Å². The Hall–Kier alpha value is -1.87. The topological polar surface area (TPSA) is 47.3 Å². The number of nitrogens with two attached hydrogens (primary N) is 1. The van der Waals surface area contributed by atoms with Crippen molar-refractivity contribution in [2.24, 2.45) is 0 Å². The van der Waals surface area contributed by atoms with E-state index in [0.29, 0.717) is 5.69 Å². The number of hydrogen-bond donors (Lipinski definition) is 2. The Labute approximate surface area is 131 Å². The number of nitrogens with one attached hydrogen (secondary N) is 1. The minimum Gasteiger partial charge on any atom is -0.491 e. The number of benzene rings is 2. The molecular weight excluding hydrogens is 284 g/mol. The zero-order valence-electron chi connectivity index (χ0n) is 12.6. The average Bonchev–Trinajstić information content (AvgIpc) is 2.37. The van der Waals surface area contributed by atoms with Gasteiger partial charge < -0.3 is 15.8 Å². The van der Waals surface area contributed by atoms with Crippen LogP contribution in [-0.4, -0.2) is 6.10 Å². The van der Waals surface area contributed by atoms with Crippen LogP contribution in [0.4, 0.5) is 11.4 Å². The molecule has 0 spiro atoms. The Bertz CT molecular complexity index is 596. The van der Waals surface area contributed by atoms with Crippen LogP contribution in [0.5, 0.6) is 5.75 Å². The highest BCUT2D eigenvalue weighted by Crippen LogP contribution is 2.27. The Balaban J connectivity index is 2.14. The third kappa shape index (κ3) is 4.57. The molecule has 3 N–H and O–H groups in total. The van der Waals surface area contributed by atoms with Gasteiger partial charge in [-0.1, -0.05) is 23.7 Å². The third-order valence-electron chi connectivity index (χ3n) is 3.05. The van der Waals surface area contributed by atoms with Gasteiger partial charge in [-0.15, -0.1) is 0 Å². The quantitative estimate of drug-likeness (QED) is 0.774. The zero-order valence-corrected chi connectivity index (χ0v) is 13.3. The molecule has 3 nitrogen and oxygen atoms in total. The van der Waals surface area contributed by atoms with Crippen molar-refractivity contribution in [3.05, 3.63) is 53.1 Å². The smallest absolute Gasteiger partial charge is 0.123 e. The SMILES string of the molecule is CC(C)Oc1cc(N)cc(NC(C)c2ccc(Cl)cc2)c1. The maximum Gasteiger partial charge on any atom is 0.123 e. The van der Waals surface area contributed by atoms with Crippen LogP contribution >= 0.6 is 11.6 Å². The zero-order chi connectivity index (χ0) is 15.4. The average molecular weight is 305 g/mol. The van der Waals surface area contributed by atoms with Gasteiger partial charge in [0.05, 0.1) is 6.10 Å². The molecule has 0 bridgehead atoms. The molecule has 0 aliphatic carbocycles. The minimum atomic E-state index is 0.119. The lowest BCUT2D eigenvalue weighted by Gasteiger charge is -2.18. The second-order valence-corrected chi connectivity index (χ2v) is 5.81. The standard InChI is InChI=1S/C17H21ClN2O/c1-11(2)21-17-9-15(19)8-16(10-17)20-12(3)13-4-6-14(18)7-5-13/h4-12,20H,19H2,1-3H3.